The van der Waals surface area contributed by atoms with Crippen LogP contribution in [-0.2, 0) is 0 Å². The molecule has 0 bridgehead atoms. The maximum Gasteiger partial charge on any atom is 0.284 e. The molecule has 0 N–H and O–H groups in total. The van der Waals surface area contributed by atoms with Gasteiger partial charge < -0.3 is 4.74 Å². The van der Waals surface area contributed by atoms with Gasteiger partial charge in [0, 0.05) is 0 Å². The van der Waals surface area contributed by atoms with Gasteiger partial charge in [-0.05, 0) is 23.7 Å². The van der Waals surface area contributed by atoms with Gasteiger partial charge in [-0.25, -0.2) is 13.8 Å². The van der Waals surface area contributed by atoms with E-state index in [0.717, 1.165) is 0 Å². The molecule has 0 radical (unpaired) electrons. The van der Waals surface area contributed by atoms with E-state index in [-0.39, 0.29) is 11.4 Å². The molecule has 0 fully saturated rings. The highest BCUT2D eigenvalue weighted by Gasteiger charge is 2.17. The van der Waals surface area contributed by atoms with Crippen molar-refractivity contribution in [2.45, 2.75) is 6.43 Å². The molecule has 0 spiro atoms. The van der Waals surface area contributed by atoms with Gasteiger partial charge in [0.25, 0.3) is 11.7 Å². The summed E-state index contributed by atoms with van der Waals surface area (Å²) >= 11 is 5.09. The first-order valence-electron chi connectivity index (χ1n) is 3.59. The Labute approximate surface area is 83.7 Å². The molecule has 0 aliphatic heterocycles. The minimum Gasteiger partial charge on any atom is -0.495 e. The van der Waals surface area contributed by atoms with Crippen molar-refractivity contribution in [2.24, 2.45) is 0 Å². The Morgan fingerprint density at radius 3 is 2.64 bits per heavy atom. The molecule has 1 aromatic heterocycles. The van der Waals surface area contributed by atoms with E-state index in [9.17, 15) is 13.6 Å². The van der Waals surface area contributed by atoms with E-state index in [1.807, 2.05) is 0 Å². The van der Waals surface area contributed by atoms with Crippen molar-refractivity contribution < 1.29 is 18.3 Å². The molecule has 6 heteroatoms. The third kappa shape index (κ3) is 2.17. The molecule has 0 amide bonds. The van der Waals surface area contributed by atoms with E-state index >= 15 is 0 Å². The van der Waals surface area contributed by atoms with Gasteiger partial charge in [0.1, 0.15) is 17.1 Å². The van der Waals surface area contributed by atoms with Crippen LogP contribution in [0.1, 0.15) is 22.6 Å². The monoisotopic (exact) mass is 221 g/mol. The van der Waals surface area contributed by atoms with E-state index in [4.69, 9.17) is 11.6 Å². The number of hydrogen-bond donors (Lipinski definition) is 0. The summed E-state index contributed by atoms with van der Waals surface area (Å²) in [6, 6.07) is 2.45. The van der Waals surface area contributed by atoms with Gasteiger partial charge in [-0.1, -0.05) is 0 Å². The lowest BCUT2D eigenvalue weighted by molar-refractivity contribution is 0.107. The Hall–Kier alpha value is -1.23. The molecule has 0 atom stereocenters. The second kappa shape index (κ2) is 4.32. The number of carbonyl (C=O) groups excluding carboxylic acids is 1. The second-order valence-corrected chi connectivity index (χ2v) is 2.70. The quantitative estimate of drug-likeness (QED) is 0.736. The number of alkyl halides is 2. The van der Waals surface area contributed by atoms with Crippen LogP contribution in [0.5, 0.6) is 5.75 Å². The number of pyridine rings is 1. The van der Waals surface area contributed by atoms with Crippen LogP contribution in [0.15, 0.2) is 12.1 Å². The van der Waals surface area contributed by atoms with Crippen LogP contribution in [0.4, 0.5) is 8.78 Å². The highest BCUT2D eigenvalue weighted by atomic mass is 35.5. The number of halogens is 3. The predicted octanol–water partition coefficient (Wildman–Crippen LogP) is 2.41. The summed E-state index contributed by atoms with van der Waals surface area (Å²) < 4.78 is 29.4. The van der Waals surface area contributed by atoms with Crippen LogP contribution < -0.4 is 4.74 Å². The largest absolute Gasteiger partial charge is 0.495 e. The standard InChI is InChI=1S/C8H6ClF2NO2/c1-14-5-3-2-4(7(9)13)12-6(5)8(10)11/h2-3,8H,1H3. The van der Waals surface area contributed by atoms with E-state index in [2.05, 4.69) is 9.72 Å². The first kappa shape index (κ1) is 10.8. The number of carbonyl (C=O) groups is 1. The first-order valence-corrected chi connectivity index (χ1v) is 3.97. The molecule has 1 heterocycles. The lowest BCUT2D eigenvalue weighted by atomic mass is 10.3. The molecule has 0 aromatic carbocycles. The zero-order valence-corrected chi connectivity index (χ0v) is 7.89. The fourth-order valence-corrected chi connectivity index (χ4v) is 1.01. The van der Waals surface area contributed by atoms with Gasteiger partial charge in [-0.15, -0.1) is 0 Å². The number of methoxy groups -OCH3 is 1. The van der Waals surface area contributed by atoms with Crippen molar-refractivity contribution >= 4 is 16.8 Å². The maximum absolute atomic E-state index is 12.4. The van der Waals surface area contributed by atoms with Gasteiger partial charge in [0.2, 0.25) is 0 Å². The first-order chi connectivity index (χ1) is 6.56. The lowest BCUT2D eigenvalue weighted by Crippen LogP contribution is -2.01. The Morgan fingerprint density at radius 1 is 1.57 bits per heavy atom. The molecule has 3 nitrogen and oxygen atoms in total. The molecule has 0 saturated heterocycles. The summed E-state index contributed by atoms with van der Waals surface area (Å²) in [5, 5.41) is -0.880. The topological polar surface area (TPSA) is 39.2 Å². The molecule has 0 unspecified atom stereocenters. The Bertz CT molecular complexity index is 357. The van der Waals surface area contributed by atoms with Crippen molar-refractivity contribution in [3.8, 4) is 5.75 Å². The highest BCUT2D eigenvalue weighted by Crippen LogP contribution is 2.27. The zero-order valence-electron chi connectivity index (χ0n) is 7.13. The van der Waals surface area contributed by atoms with E-state index < -0.39 is 17.4 Å². The summed E-state index contributed by atoms with van der Waals surface area (Å²) in [5.41, 5.74) is -0.804. The predicted molar refractivity (Wildman–Crippen MR) is 45.9 cm³/mol. The number of hydrogen-bond acceptors (Lipinski definition) is 3. The van der Waals surface area contributed by atoms with Crippen LogP contribution >= 0.6 is 11.6 Å². The molecule has 0 aliphatic rings. The van der Waals surface area contributed by atoms with Gasteiger partial charge in [-0.3, -0.25) is 4.79 Å². The normalized spacial score (nSPS) is 10.4. The maximum atomic E-state index is 12.4. The summed E-state index contributed by atoms with van der Waals surface area (Å²) in [6.07, 6.45) is -2.80. The Balaban J connectivity index is 3.20. The minimum absolute atomic E-state index is 0.0679. The Kier molecular flexibility index (Phi) is 3.35. The minimum atomic E-state index is -2.80. The van der Waals surface area contributed by atoms with Gasteiger partial charge in [0.15, 0.2) is 0 Å². The van der Waals surface area contributed by atoms with E-state index in [1.54, 1.807) is 0 Å². The fourth-order valence-electron chi connectivity index (χ4n) is 0.901. The van der Waals surface area contributed by atoms with Crippen molar-refractivity contribution in [3.05, 3.63) is 23.5 Å². The summed E-state index contributed by atoms with van der Waals surface area (Å²) in [5.74, 6) is -0.0679. The second-order valence-electron chi connectivity index (χ2n) is 2.36. The van der Waals surface area contributed by atoms with Crippen LogP contribution in [-0.4, -0.2) is 17.3 Å². The molecule has 1 aromatic rings. The molecule has 0 saturated carbocycles. The molecule has 76 valence electrons. The fraction of sp³-hybridized carbons (Fsp3) is 0.250. The molecule has 1 rings (SSSR count). The summed E-state index contributed by atoms with van der Waals surface area (Å²) in [7, 11) is 1.24. The number of aromatic nitrogens is 1. The summed E-state index contributed by atoms with van der Waals surface area (Å²) in [6.45, 7) is 0. The van der Waals surface area contributed by atoms with Crippen molar-refractivity contribution in [3.63, 3.8) is 0 Å². The molecular weight excluding hydrogens is 216 g/mol. The highest BCUT2D eigenvalue weighted by molar-refractivity contribution is 6.67. The number of rotatable bonds is 3. The van der Waals surface area contributed by atoms with Gasteiger partial charge in [0.05, 0.1) is 7.11 Å². The summed E-state index contributed by atoms with van der Waals surface area (Å²) in [4.78, 5) is 14.0. The van der Waals surface area contributed by atoms with Crippen LogP contribution in [0.2, 0.25) is 0 Å². The third-order valence-corrected chi connectivity index (χ3v) is 1.71. The van der Waals surface area contributed by atoms with Crippen LogP contribution in [0.3, 0.4) is 0 Å². The third-order valence-electron chi connectivity index (χ3n) is 1.51. The van der Waals surface area contributed by atoms with E-state index in [1.165, 1.54) is 19.2 Å². The van der Waals surface area contributed by atoms with Crippen LogP contribution in [0.25, 0.3) is 0 Å². The van der Waals surface area contributed by atoms with Gasteiger partial charge in [-0.2, -0.15) is 0 Å². The van der Waals surface area contributed by atoms with Crippen molar-refractivity contribution in [1.29, 1.82) is 0 Å². The Morgan fingerprint density at radius 2 is 2.21 bits per heavy atom. The van der Waals surface area contributed by atoms with Gasteiger partial charge >= 0.3 is 0 Å². The SMILES string of the molecule is COc1ccc(C(=O)Cl)nc1C(F)F. The average Bonchev–Trinajstić information content (AvgIpc) is 2.16. The molecule has 0 aliphatic carbocycles. The lowest BCUT2D eigenvalue weighted by Gasteiger charge is -2.06. The van der Waals surface area contributed by atoms with Crippen molar-refractivity contribution in [2.75, 3.05) is 7.11 Å². The smallest absolute Gasteiger partial charge is 0.284 e. The number of ether oxygens (including phenoxy) is 1. The van der Waals surface area contributed by atoms with E-state index in [0.29, 0.717) is 0 Å². The average molecular weight is 222 g/mol. The molecular formula is C8H6ClF2NO2. The molecule has 14 heavy (non-hydrogen) atoms. The van der Waals surface area contributed by atoms with Crippen molar-refractivity contribution in [1.82, 2.24) is 4.98 Å². The zero-order chi connectivity index (χ0) is 10.7. The number of nitrogens with zero attached hydrogens (tertiary/aromatic N) is 1. The van der Waals surface area contributed by atoms with Crippen LogP contribution in [0, 0.1) is 0 Å².